The number of rotatable bonds is 3. The molecule has 7 nitrogen and oxygen atoms in total. The number of nitrogens with zero attached hydrogens (tertiary/aromatic N) is 5. The van der Waals surface area contributed by atoms with Gasteiger partial charge in [0.15, 0.2) is 5.82 Å². The predicted molar refractivity (Wildman–Crippen MR) is 102 cm³/mol. The van der Waals surface area contributed by atoms with Gasteiger partial charge in [0.1, 0.15) is 5.75 Å². The van der Waals surface area contributed by atoms with Gasteiger partial charge < -0.3 is 9.30 Å². The van der Waals surface area contributed by atoms with Crippen LogP contribution in [0.25, 0.3) is 28.1 Å². The summed E-state index contributed by atoms with van der Waals surface area (Å²) < 4.78 is 8.69. The van der Waals surface area contributed by atoms with Crippen LogP contribution < -0.4 is 10.3 Å². The van der Waals surface area contributed by atoms with E-state index < -0.39 is 0 Å². The third-order valence-electron chi connectivity index (χ3n) is 5.33. The maximum atomic E-state index is 13.0. The molecule has 0 atom stereocenters. The zero-order chi connectivity index (χ0) is 18.4. The van der Waals surface area contributed by atoms with Gasteiger partial charge in [0.2, 0.25) is 0 Å². The van der Waals surface area contributed by atoms with E-state index in [1.807, 2.05) is 41.1 Å². The molecule has 5 rings (SSSR count). The van der Waals surface area contributed by atoms with Crippen molar-refractivity contribution in [1.82, 2.24) is 24.1 Å². The Morgan fingerprint density at radius 1 is 1.11 bits per heavy atom. The third-order valence-corrected chi connectivity index (χ3v) is 5.33. The summed E-state index contributed by atoms with van der Waals surface area (Å²) in [7, 11) is 1.63. The van der Waals surface area contributed by atoms with Gasteiger partial charge in [-0.3, -0.25) is 4.79 Å². The summed E-state index contributed by atoms with van der Waals surface area (Å²) in [5.74, 6) is 1.82. The van der Waals surface area contributed by atoms with E-state index in [4.69, 9.17) is 4.74 Å². The lowest BCUT2D eigenvalue weighted by Gasteiger charge is -2.13. The summed E-state index contributed by atoms with van der Waals surface area (Å²) in [5, 5.41) is 5.16. The van der Waals surface area contributed by atoms with E-state index in [1.165, 1.54) is 12.8 Å². The molecule has 7 heteroatoms. The van der Waals surface area contributed by atoms with Crippen LogP contribution >= 0.6 is 0 Å². The topological polar surface area (TPSA) is 74.3 Å². The van der Waals surface area contributed by atoms with Gasteiger partial charge in [0, 0.05) is 24.0 Å². The summed E-state index contributed by atoms with van der Waals surface area (Å²) in [6.07, 6.45) is 7.99. The average Bonchev–Trinajstić information content (AvgIpc) is 3.38. The van der Waals surface area contributed by atoms with E-state index in [2.05, 4.69) is 15.1 Å². The van der Waals surface area contributed by atoms with Crippen LogP contribution in [0.1, 0.15) is 31.7 Å². The Morgan fingerprint density at radius 2 is 1.89 bits per heavy atom. The zero-order valence-corrected chi connectivity index (χ0v) is 15.0. The van der Waals surface area contributed by atoms with Gasteiger partial charge in [-0.2, -0.15) is 9.50 Å². The SMILES string of the molecule is COc1ccc(-c2nc3ncc4c(=O)n(C5CCCC5)ccc4n3n2)cc1. The molecule has 3 aromatic heterocycles. The number of pyridine rings is 1. The van der Waals surface area contributed by atoms with Crippen molar-refractivity contribution in [2.75, 3.05) is 7.11 Å². The predicted octanol–water partition coefficient (Wildman–Crippen LogP) is 3.23. The fraction of sp³-hybridized carbons (Fsp3) is 0.300. The molecule has 0 radical (unpaired) electrons. The second kappa shape index (κ2) is 6.19. The number of aromatic nitrogens is 5. The van der Waals surface area contributed by atoms with Crippen LogP contribution in [0.4, 0.5) is 0 Å². The maximum absolute atomic E-state index is 13.0. The Bertz CT molecular complexity index is 1190. The summed E-state index contributed by atoms with van der Waals surface area (Å²) in [6.45, 7) is 0. The van der Waals surface area contributed by atoms with Gasteiger partial charge in [-0.1, -0.05) is 12.8 Å². The molecule has 0 spiro atoms. The van der Waals surface area contributed by atoms with E-state index in [0.29, 0.717) is 23.0 Å². The highest BCUT2D eigenvalue weighted by molar-refractivity contribution is 5.79. The van der Waals surface area contributed by atoms with Crippen molar-refractivity contribution in [2.24, 2.45) is 0 Å². The highest BCUT2D eigenvalue weighted by Crippen LogP contribution is 2.28. The van der Waals surface area contributed by atoms with Crippen molar-refractivity contribution >= 4 is 16.7 Å². The number of ether oxygens (including phenoxy) is 1. The molecule has 0 unspecified atom stereocenters. The van der Waals surface area contributed by atoms with Gasteiger partial charge >= 0.3 is 0 Å². The van der Waals surface area contributed by atoms with Crippen LogP contribution in [0.2, 0.25) is 0 Å². The van der Waals surface area contributed by atoms with Crippen LogP contribution in [0.15, 0.2) is 47.5 Å². The third kappa shape index (κ3) is 2.58. The van der Waals surface area contributed by atoms with Gasteiger partial charge in [0.25, 0.3) is 11.3 Å². The monoisotopic (exact) mass is 361 g/mol. The molecular weight excluding hydrogens is 342 g/mol. The molecule has 0 aliphatic heterocycles. The fourth-order valence-corrected chi connectivity index (χ4v) is 3.87. The lowest BCUT2D eigenvalue weighted by atomic mass is 10.2. The lowest BCUT2D eigenvalue weighted by molar-refractivity contribution is 0.415. The number of methoxy groups -OCH3 is 1. The lowest BCUT2D eigenvalue weighted by Crippen LogP contribution is -2.23. The van der Waals surface area contributed by atoms with Gasteiger partial charge in [-0.25, -0.2) is 4.98 Å². The van der Waals surface area contributed by atoms with E-state index in [-0.39, 0.29) is 5.56 Å². The standard InChI is InChI=1S/C20H19N5O2/c1-27-15-8-6-13(7-9-15)18-22-20-21-12-16-17(25(20)23-18)10-11-24(19(16)26)14-4-2-3-5-14/h6-12,14H,2-5H2,1H3. The minimum absolute atomic E-state index is 0.00435. The summed E-state index contributed by atoms with van der Waals surface area (Å²) >= 11 is 0. The Labute approximate surface area is 155 Å². The second-order valence-corrected chi connectivity index (χ2v) is 6.90. The Balaban J connectivity index is 1.65. The van der Waals surface area contributed by atoms with Crippen molar-refractivity contribution in [3.63, 3.8) is 0 Å². The fourth-order valence-electron chi connectivity index (χ4n) is 3.87. The van der Waals surface area contributed by atoms with Crippen molar-refractivity contribution in [3.05, 3.63) is 53.1 Å². The highest BCUT2D eigenvalue weighted by Gasteiger charge is 2.19. The molecule has 1 aliphatic carbocycles. The first-order valence-electron chi connectivity index (χ1n) is 9.15. The van der Waals surface area contributed by atoms with E-state index in [0.717, 1.165) is 29.7 Å². The van der Waals surface area contributed by atoms with Crippen LogP contribution in [0, 0.1) is 0 Å². The maximum Gasteiger partial charge on any atom is 0.261 e. The Morgan fingerprint density at radius 3 is 2.63 bits per heavy atom. The molecule has 0 saturated heterocycles. The first kappa shape index (κ1) is 16.0. The molecule has 1 saturated carbocycles. The second-order valence-electron chi connectivity index (χ2n) is 6.90. The van der Waals surface area contributed by atoms with Crippen LogP contribution in [-0.4, -0.2) is 31.3 Å². The van der Waals surface area contributed by atoms with Crippen molar-refractivity contribution in [3.8, 4) is 17.1 Å². The summed E-state index contributed by atoms with van der Waals surface area (Å²) in [4.78, 5) is 21.8. The smallest absolute Gasteiger partial charge is 0.261 e. The largest absolute Gasteiger partial charge is 0.497 e. The molecule has 0 N–H and O–H groups in total. The van der Waals surface area contributed by atoms with Crippen molar-refractivity contribution < 1.29 is 4.74 Å². The van der Waals surface area contributed by atoms with Gasteiger partial charge in [-0.15, -0.1) is 5.10 Å². The average molecular weight is 361 g/mol. The quantitative estimate of drug-likeness (QED) is 0.560. The minimum Gasteiger partial charge on any atom is -0.497 e. The zero-order valence-electron chi connectivity index (χ0n) is 15.0. The summed E-state index contributed by atoms with van der Waals surface area (Å²) in [6, 6.07) is 9.78. The molecule has 1 aliphatic rings. The van der Waals surface area contributed by atoms with Crippen LogP contribution in [0.5, 0.6) is 5.75 Å². The molecular formula is C20H19N5O2. The van der Waals surface area contributed by atoms with Gasteiger partial charge in [-0.05, 0) is 43.2 Å². The molecule has 1 fully saturated rings. The Hall–Kier alpha value is -3.22. The molecule has 3 heterocycles. The van der Waals surface area contributed by atoms with Gasteiger partial charge in [0.05, 0.1) is 18.0 Å². The van der Waals surface area contributed by atoms with E-state index >= 15 is 0 Å². The normalized spacial score (nSPS) is 15.0. The van der Waals surface area contributed by atoms with E-state index in [9.17, 15) is 4.79 Å². The number of hydrogen-bond acceptors (Lipinski definition) is 5. The van der Waals surface area contributed by atoms with E-state index in [1.54, 1.807) is 17.8 Å². The number of benzene rings is 1. The highest BCUT2D eigenvalue weighted by atomic mass is 16.5. The molecule has 1 aromatic carbocycles. The molecule has 136 valence electrons. The first-order chi connectivity index (χ1) is 13.2. The van der Waals surface area contributed by atoms with Crippen LogP contribution in [-0.2, 0) is 0 Å². The molecule has 0 amide bonds. The summed E-state index contributed by atoms with van der Waals surface area (Å²) in [5.41, 5.74) is 1.59. The minimum atomic E-state index is -0.00435. The molecule has 0 bridgehead atoms. The molecule has 27 heavy (non-hydrogen) atoms. The molecule has 4 aromatic rings. The number of hydrogen-bond donors (Lipinski definition) is 0. The first-order valence-corrected chi connectivity index (χ1v) is 9.15. The van der Waals surface area contributed by atoms with Crippen LogP contribution in [0.3, 0.4) is 0 Å². The number of fused-ring (bicyclic) bond motifs is 3. The van der Waals surface area contributed by atoms with Crippen molar-refractivity contribution in [1.29, 1.82) is 0 Å². The Kier molecular flexibility index (Phi) is 3.67. The van der Waals surface area contributed by atoms with Crippen molar-refractivity contribution in [2.45, 2.75) is 31.7 Å².